The number of rotatable bonds is 4. The van der Waals surface area contributed by atoms with Crippen molar-refractivity contribution < 1.29 is 9.53 Å². The molecule has 2 aromatic rings. The lowest BCUT2D eigenvalue weighted by Crippen LogP contribution is -2.22. The molecule has 0 saturated carbocycles. The third-order valence-corrected chi connectivity index (χ3v) is 2.82. The van der Waals surface area contributed by atoms with Gasteiger partial charge in [-0.3, -0.25) is 5.41 Å². The topological polar surface area (TPSA) is 100 Å². The second-order valence-electron chi connectivity index (χ2n) is 4.24. The largest absolute Gasteiger partial charge is 0.495 e. The van der Waals surface area contributed by atoms with Crippen LogP contribution in [-0.2, 0) is 0 Å². The highest BCUT2D eigenvalue weighted by atomic mass is 16.5. The van der Waals surface area contributed by atoms with Gasteiger partial charge in [0, 0.05) is 5.56 Å². The van der Waals surface area contributed by atoms with Gasteiger partial charge in [0.1, 0.15) is 11.6 Å². The van der Waals surface area contributed by atoms with Crippen molar-refractivity contribution in [1.29, 1.82) is 5.41 Å². The summed E-state index contributed by atoms with van der Waals surface area (Å²) < 4.78 is 5.16. The van der Waals surface area contributed by atoms with Crippen molar-refractivity contribution in [1.82, 2.24) is 0 Å². The Balaban J connectivity index is 2.14. The standard InChI is InChI=1S/C15H16N4O2/c1-21-13-9-5-4-8-12(13)19-15(20)18-11-7-3-2-6-10(11)14(16)17/h2-9H,1H3,(H3,16,17)(H2,18,19,20). The van der Waals surface area contributed by atoms with Crippen LogP contribution in [0.5, 0.6) is 5.75 Å². The molecule has 0 atom stereocenters. The van der Waals surface area contributed by atoms with Gasteiger partial charge in [-0.25, -0.2) is 4.79 Å². The van der Waals surface area contributed by atoms with Crippen molar-refractivity contribution in [3.8, 4) is 5.75 Å². The van der Waals surface area contributed by atoms with Crippen molar-refractivity contribution in [3.05, 3.63) is 54.1 Å². The molecule has 0 spiro atoms. The number of amidine groups is 1. The third kappa shape index (κ3) is 3.50. The summed E-state index contributed by atoms with van der Waals surface area (Å²) in [6, 6.07) is 13.5. The van der Waals surface area contributed by atoms with Gasteiger partial charge in [0.15, 0.2) is 0 Å². The van der Waals surface area contributed by atoms with Gasteiger partial charge < -0.3 is 21.1 Å². The molecule has 2 aromatic carbocycles. The van der Waals surface area contributed by atoms with Crippen LogP contribution in [0.15, 0.2) is 48.5 Å². The Morgan fingerprint density at radius 2 is 1.62 bits per heavy atom. The average molecular weight is 284 g/mol. The predicted molar refractivity (Wildman–Crippen MR) is 83.1 cm³/mol. The maximum atomic E-state index is 12.0. The van der Waals surface area contributed by atoms with Crippen molar-refractivity contribution in [2.75, 3.05) is 17.7 Å². The van der Waals surface area contributed by atoms with Crippen LogP contribution in [0.4, 0.5) is 16.2 Å². The van der Waals surface area contributed by atoms with Gasteiger partial charge in [-0.15, -0.1) is 0 Å². The summed E-state index contributed by atoms with van der Waals surface area (Å²) in [5.41, 5.74) is 6.97. The van der Waals surface area contributed by atoms with Gasteiger partial charge in [0.05, 0.1) is 18.5 Å². The number of amides is 2. The Morgan fingerprint density at radius 3 is 2.29 bits per heavy atom. The molecule has 2 amide bonds. The van der Waals surface area contributed by atoms with E-state index < -0.39 is 6.03 Å². The van der Waals surface area contributed by atoms with Crippen LogP contribution >= 0.6 is 0 Å². The Kier molecular flexibility index (Phi) is 4.40. The summed E-state index contributed by atoms with van der Waals surface area (Å²) in [6.07, 6.45) is 0. The van der Waals surface area contributed by atoms with Crippen LogP contribution in [0.2, 0.25) is 0 Å². The molecule has 108 valence electrons. The molecular weight excluding hydrogens is 268 g/mol. The number of ether oxygens (including phenoxy) is 1. The second kappa shape index (κ2) is 6.42. The van der Waals surface area contributed by atoms with Crippen molar-refractivity contribution >= 4 is 23.2 Å². The van der Waals surface area contributed by atoms with E-state index in [4.69, 9.17) is 15.9 Å². The SMILES string of the molecule is COc1ccccc1NC(=O)Nc1ccccc1C(=N)N. The lowest BCUT2D eigenvalue weighted by Gasteiger charge is -2.12. The number of anilines is 2. The van der Waals surface area contributed by atoms with Gasteiger partial charge in [-0.1, -0.05) is 24.3 Å². The number of carbonyl (C=O) groups excluding carboxylic acids is 1. The monoisotopic (exact) mass is 284 g/mol. The highest BCUT2D eigenvalue weighted by Gasteiger charge is 2.10. The van der Waals surface area contributed by atoms with Crippen molar-refractivity contribution in [2.45, 2.75) is 0 Å². The highest BCUT2D eigenvalue weighted by Crippen LogP contribution is 2.23. The lowest BCUT2D eigenvalue weighted by atomic mass is 10.1. The third-order valence-electron chi connectivity index (χ3n) is 2.82. The Morgan fingerprint density at radius 1 is 1.05 bits per heavy atom. The van der Waals surface area contributed by atoms with Crippen LogP contribution < -0.4 is 21.1 Å². The van der Waals surface area contributed by atoms with Crippen LogP contribution in [0, 0.1) is 5.41 Å². The molecule has 6 heteroatoms. The molecule has 0 aliphatic carbocycles. The fraction of sp³-hybridized carbons (Fsp3) is 0.0667. The first-order chi connectivity index (χ1) is 10.1. The highest BCUT2D eigenvalue weighted by molar-refractivity contribution is 6.07. The number of para-hydroxylation sites is 3. The van der Waals surface area contributed by atoms with Crippen LogP contribution in [0.1, 0.15) is 5.56 Å². The minimum Gasteiger partial charge on any atom is -0.495 e. The van der Waals surface area contributed by atoms with Crippen LogP contribution in [0.3, 0.4) is 0 Å². The number of hydrogen-bond donors (Lipinski definition) is 4. The summed E-state index contributed by atoms with van der Waals surface area (Å²) in [5.74, 6) is 0.454. The molecule has 6 nitrogen and oxygen atoms in total. The van der Waals surface area contributed by atoms with Gasteiger partial charge in [-0.2, -0.15) is 0 Å². The summed E-state index contributed by atoms with van der Waals surface area (Å²) in [4.78, 5) is 12.0. The molecule has 0 aromatic heterocycles. The first-order valence-corrected chi connectivity index (χ1v) is 6.26. The zero-order valence-corrected chi connectivity index (χ0v) is 11.5. The summed E-state index contributed by atoms with van der Waals surface area (Å²) >= 11 is 0. The van der Waals surface area contributed by atoms with Gasteiger partial charge >= 0.3 is 6.03 Å². The fourth-order valence-corrected chi connectivity index (χ4v) is 1.85. The van der Waals surface area contributed by atoms with Crippen LogP contribution in [-0.4, -0.2) is 19.0 Å². The number of benzene rings is 2. The maximum Gasteiger partial charge on any atom is 0.323 e. The maximum absolute atomic E-state index is 12.0. The molecule has 0 aliphatic heterocycles. The van der Waals surface area contributed by atoms with Gasteiger partial charge in [-0.05, 0) is 24.3 Å². The minimum absolute atomic E-state index is 0.108. The van der Waals surface area contributed by atoms with Crippen molar-refractivity contribution in [2.24, 2.45) is 5.73 Å². The number of carbonyl (C=O) groups is 1. The van der Waals surface area contributed by atoms with E-state index in [1.165, 1.54) is 7.11 Å². The molecule has 0 fully saturated rings. The number of urea groups is 1. The van der Waals surface area contributed by atoms with E-state index in [9.17, 15) is 4.79 Å². The van der Waals surface area contributed by atoms with Gasteiger partial charge in [0.25, 0.3) is 0 Å². The lowest BCUT2D eigenvalue weighted by molar-refractivity contribution is 0.262. The Bertz CT molecular complexity index is 670. The molecular formula is C15H16N4O2. The van der Waals surface area contributed by atoms with E-state index >= 15 is 0 Å². The first kappa shape index (κ1) is 14.4. The first-order valence-electron chi connectivity index (χ1n) is 6.26. The van der Waals surface area contributed by atoms with Gasteiger partial charge in [0.2, 0.25) is 0 Å². The quantitative estimate of drug-likeness (QED) is 0.513. The Hall–Kier alpha value is -3.02. The smallest absolute Gasteiger partial charge is 0.323 e. The van der Waals surface area contributed by atoms with E-state index in [1.807, 2.05) is 6.07 Å². The van der Waals surface area contributed by atoms with E-state index in [2.05, 4.69) is 10.6 Å². The second-order valence-corrected chi connectivity index (χ2v) is 4.24. The molecule has 0 radical (unpaired) electrons. The van der Waals surface area contributed by atoms with Crippen molar-refractivity contribution in [3.63, 3.8) is 0 Å². The minimum atomic E-state index is -0.437. The zero-order chi connectivity index (χ0) is 15.2. The number of nitrogens with one attached hydrogen (secondary N) is 3. The summed E-state index contributed by atoms with van der Waals surface area (Å²) in [5, 5.41) is 12.8. The van der Waals surface area contributed by atoms with E-state index in [1.54, 1.807) is 42.5 Å². The van der Waals surface area contributed by atoms with E-state index in [0.717, 1.165) is 0 Å². The van der Waals surface area contributed by atoms with E-state index in [0.29, 0.717) is 22.7 Å². The molecule has 0 saturated heterocycles. The molecule has 0 heterocycles. The molecule has 0 aliphatic rings. The van der Waals surface area contributed by atoms with Crippen LogP contribution in [0.25, 0.3) is 0 Å². The molecule has 2 rings (SSSR count). The number of nitrogens with two attached hydrogens (primary N) is 1. The fourth-order valence-electron chi connectivity index (χ4n) is 1.85. The molecule has 0 unspecified atom stereocenters. The normalized spacial score (nSPS) is 9.76. The Labute approximate surface area is 122 Å². The number of hydrogen-bond acceptors (Lipinski definition) is 3. The predicted octanol–water partition coefficient (Wildman–Crippen LogP) is 2.62. The summed E-state index contributed by atoms with van der Waals surface area (Å²) in [7, 11) is 1.53. The van der Waals surface area contributed by atoms with E-state index in [-0.39, 0.29) is 5.84 Å². The molecule has 21 heavy (non-hydrogen) atoms. The number of methoxy groups -OCH3 is 1. The number of nitrogen functional groups attached to an aromatic ring is 1. The molecule has 5 N–H and O–H groups in total. The zero-order valence-electron chi connectivity index (χ0n) is 11.5. The average Bonchev–Trinajstić information content (AvgIpc) is 2.48. The summed E-state index contributed by atoms with van der Waals surface area (Å²) in [6.45, 7) is 0. The molecule has 0 bridgehead atoms.